The molecule has 0 fully saturated rings. The van der Waals surface area contributed by atoms with Gasteiger partial charge in [-0.25, -0.2) is 8.42 Å². The molecule has 0 aromatic heterocycles. The Morgan fingerprint density at radius 1 is 0.927 bits per heavy atom. The highest BCUT2D eigenvalue weighted by molar-refractivity contribution is 7.92. The SMILES string of the molecule is COc1ccc(N(CC(=O)N(Cc2ccc(Cl)c(Cl)c2)C(C)C(=O)NCC(C)C)S(=O)(=O)c2ccc(C)cc2)cc1. The van der Waals surface area contributed by atoms with E-state index in [1.165, 1.54) is 24.1 Å². The Balaban J connectivity index is 2.03. The van der Waals surface area contributed by atoms with Crippen LogP contribution in [-0.4, -0.2) is 51.4 Å². The van der Waals surface area contributed by atoms with Crippen LogP contribution in [0, 0.1) is 12.8 Å². The molecule has 0 heterocycles. The highest BCUT2D eigenvalue weighted by Crippen LogP contribution is 2.28. The number of benzene rings is 3. The molecule has 0 radical (unpaired) electrons. The van der Waals surface area contributed by atoms with E-state index in [1.807, 2.05) is 20.8 Å². The van der Waals surface area contributed by atoms with Crippen LogP contribution in [-0.2, 0) is 26.2 Å². The number of ether oxygens (including phenoxy) is 1. The lowest BCUT2D eigenvalue weighted by Crippen LogP contribution is -2.51. The second-order valence-corrected chi connectivity index (χ2v) is 12.8. The van der Waals surface area contributed by atoms with Gasteiger partial charge in [0.1, 0.15) is 18.3 Å². The van der Waals surface area contributed by atoms with Crippen LogP contribution in [0.15, 0.2) is 71.6 Å². The second-order valence-electron chi connectivity index (χ2n) is 10.1. The molecular formula is C30H35Cl2N3O5S. The number of halogens is 2. The molecule has 0 aliphatic rings. The molecule has 0 saturated carbocycles. The van der Waals surface area contributed by atoms with E-state index in [-0.39, 0.29) is 29.0 Å². The summed E-state index contributed by atoms with van der Waals surface area (Å²) in [6.45, 7) is 7.28. The molecule has 3 rings (SSSR count). The minimum Gasteiger partial charge on any atom is -0.497 e. The average molecular weight is 621 g/mol. The van der Waals surface area contributed by atoms with Crippen molar-refractivity contribution < 1.29 is 22.7 Å². The maximum absolute atomic E-state index is 14.0. The maximum Gasteiger partial charge on any atom is 0.264 e. The summed E-state index contributed by atoms with van der Waals surface area (Å²) in [6.07, 6.45) is 0. The van der Waals surface area contributed by atoms with Crippen LogP contribution < -0.4 is 14.4 Å². The minimum atomic E-state index is -4.17. The molecule has 41 heavy (non-hydrogen) atoms. The molecule has 1 atom stereocenters. The smallest absolute Gasteiger partial charge is 0.264 e. The first-order valence-electron chi connectivity index (χ1n) is 13.1. The summed E-state index contributed by atoms with van der Waals surface area (Å²) in [7, 11) is -2.66. The van der Waals surface area contributed by atoms with Gasteiger partial charge in [0, 0.05) is 13.1 Å². The summed E-state index contributed by atoms with van der Waals surface area (Å²) in [5, 5.41) is 3.51. The zero-order chi connectivity index (χ0) is 30.3. The van der Waals surface area contributed by atoms with Gasteiger partial charge in [0.2, 0.25) is 11.8 Å². The molecule has 8 nitrogen and oxygen atoms in total. The Labute approximate surface area is 252 Å². The fourth-order valence-corrected chi connectivity index (χ4v) is 5.72. The highest BCUT2D eigenvalue weighted by Gasteiger charge is 2.32. The number of rotatable bonds is 12. The second kappa shape index (κ2) is 14.1. The summed E-state index contributed by atoms with van der Waals surface area (Å²) in [4.78, 5) is 28.4. The third-order valence-corrected chi connectivity index (χ3v) is 8.96. The number of nitrogens with zero attached hydrogens (tertiary/aromatic N) is 2. The van der Waals surface area contributed by atoms with Crippen molar-refractivity contribution in [1.82, 2.24) is 10.2 Å². The molecule has 3 aromatic rings. The monoisotopic (exact) mass is 619 g/mol. The summed E-state index contributed by atoms with van der Waals surface area (Å²) in [5.41, 5.74) is 1.80. The van der Waals surface area contributed by atoms with E-state index in [1.54, 1.807) is 61.5 Å². The molecule has 11 heteroatoms. The Kier molecular flexibility index (Phi) is 11.1. The predicted octanol–water partition coefficient (Wildman–Crippen LogP) is 5.70. The number of methoxy groups -OCH3 is 1. The van der Waals surface area contributed by atoms with Gasteiger partial charge in [-0.15, -0.1) is 0 Å². The van der Waals surface area contributed by atoms with Crippen molar-refractivity contribution in [1.29, 1.82) is 0 Å². The Morgan fingerprint density at radius 3 is 2.12 bits per heavy atom. The number of carbonyl (C=O) groups is 2. The van der Waals surface area contributed by atoms with Gasteiger partial charge in [-0.1, -0.05) is 60.8 Å². The van der Waals surface area contributed by atoms with Crippen LogP contribution in [0.3, 0.4) is 0 Å². The summed E-state index contributed by atoms with van der Waals surface area (Å²) in [5.74, 6) is -0.195. The number of amides is 2. The van der Waals surface area contributed by atoms with Crippen molar-refractivity contribution in [3.05, 3.63) is 87.9 Å². The van der Waals surface area contributed by atoms with E-state index >= 15 is 0 Å². The Hall–Kier alpha value is -3.27. The molecule has 2 amide bonds. The third-order valence-electron chi connectivity index (χ3n) is 6.44. The number of aryl methyl sites for hydroxylation is 1. The lowest BCUT2D eigenvalue weighted by molar-refractivity contribution is -0.139. The van der Waals surface area contributed by atoms with Crippen LogP contribution in [0.25, 0.3) is 0 Å². The number of sulfonamides is 1. The number of hydrogen-bond donors (Lipinski definition) is 1. The van der Waals surface area contributed by atoms with Crippen LogP contribution in [0.5, 0.6) is 5.75 Å². The van der Waals surface area contributed by atoms with E-state index in [0.717, 1.165) is 9.87 Å². The van der Waals surface area contributed by atoms with Crippen molar-refractivity contribution >= 4 is 50.7 Å². The number of carbonyl (C=O) groups excluding carboxylic acids is 2. The van der Waals surface area contributed by atoms with Crippen molar-refractivity contribution in [2.75, 3.05) is 24.5 Å². The molecule has 1 unspecified atom stereocenters. The molecule has 0 bridgehead atoms. The minimum absolute atomic E-state index is 0.00696. The predicted molar refractivity (Wildman–Crippen MR) is 163 cm³/mol. The lowest BCUT2D eigenvalue weighted by atomic mass is 10.1. The Bertz CT molecular complexity index is 1460. The average Bonchev–Trinajstić information content (AvgIpc) is 2.94. The molecule has 0 saturated heterocycles. The zero-order valence-corrected chi connectivity index (χ0v) is 26.1. The molecule has 220 valence electrons. The molecule has 0 spiro atoms. The van der Waals surface area contributed by atoms with E-state index in [9.17, 15) is 18.0 Å². The molecule has 1 N–H and O–H groups in total. The zero-order valence-electron chi connectivity index (χ0n) is 23.7. The molecule has 0 aliphatic carbocycles. The standard InChI is InChI=1S/C30H35Cl2N3O5S/c1-20(2)17-33-30(37)22(4)34(18-23-8-15-27(31)28(32)16-23)29(36)19-35(24-9-11-25(40-5)12-10-24)41(38,39)26-13-6-21(3)7-14-26/h6-16,20,22H,17-19H2,1-5H3,(H,33,37). The van der Waals surface area contributed by atoms with Gasteiger partial charge >= 0.3 is 0 Å². The summed E-state index contributed by atoms with van der Waals surface area (Å²) in [6, 6.07) is 16.8. The number of anilines is 1. The third kappa shape index (κ3) is 8.38. The first-order valence-corrected chi connectivity index (χ1v) is 15.3. The van der Waals surface area contributed by atoms with Crippen LogP contribution >= 0.6 is 23.2 Å². The van der Waals surface area contributed by atoms with Gasteiger partial charge < -0.3 is 15.0 Å². The topological polar surface area (TPSA) is 96.0 Å². The highest BCUT2D eigenvalue weighted by atomic mass is 35.5. The van der Waals surface area contributed by atoms with Crippen LogP contribution in [0.4, 0.5) is 5.69 Å². The molecular weight excluding hydrogens is 585 g/mol. The van der Waals surface area contributed by atoms with Gasteiger partial charge in [-0.2, -0.15) is 0 Å². The van der Waals surface area contributed by atoms with Crippen LogP contribution in [0.2, 0.25) is 10.0 Å². The van der Waals surface area contributed by atoms with Gasteiger partial charge in [-0.05, 0) is 73.9 Å². The fourth-order valence-electron chi connectivity index (χ4n) is 3.98. The first-order chi connectivity index (χ1) is 19.3. The van der Waals surface area contributed by atoms with Gasteiger partial charge in [-0.3, -0.25) is 13.9 Å². The van der Waals surface area contributed by atoms with Crippen molar-refractivity contribution in [2.24, 2.45) is 5.92 Å². The molecule has 3 aromatic carbocycles. The maximum atomic E-state index is 14.0. The fraction of sp³-hybridized carbons (Fsp3) is 0.333. The summed E-state index contributed by atoms with van der Waals surface area (Å²) < 4.78 is 34.0. The van der Waals surface area contributed by atoms with Gasteiger partial charge in [0.25, 0.3) is 10.0 Å². The number of hydrogen-bond acceptors (Lipinski definition) is 5. The quantitative estimate of drug-likeness (QED) is 0.281. The van der Waals surface area contributed by atoms with E-state index in [2.05, 4.69) is 5.32 Å². The molecule has 0 aliphatic heterocycles. The van der Waals surface area contributed by atoms with E-state index in [4.69, 9.17) is 27.9 Å². The number of nitrogens with one attached hydrogen (secondary N) is 1. The van der Waals surface area contributed by atoms with Crippen molar-refractivity contribution in [3.8, 4) is 5.75 Å². The van der Waals surface area contributed by atoms with E-state index < -0.39 is 28.5 Å². The van der Waals surface area contributed by atoms with E-state index in [0.29, 0.717) is 27.9 Å². The lowest BCUT2D eigenvalue weighted by Gasteiger charge is -2.32. The normalized spacial score (nSPS) is 12.1. The van der Waals surface area contributed by atoms with Crippen molar-refractivity contribution in [3.63, 3.8) is 0 Å². The van der Waals surface area contributed by atoms with Gasteiger partial charge in [0.05, 0.1) is 27.7 Å². The van der Waals surface area contributed by atoms with Gasteiger partial charge in [0.15, 0.2) is 0 Å². The largest absolute Gasteiger partial charge is 0.497 e. The summed E-state index contributed by atoms with van der Waals surface area (Å²) >= 11 is 12.3. The first kappa shape index (κ1) is 32.2. The van der Waals surface area contributed by atoms with Crippen molar-refractivity contribution in [2.45, 2.75) is 45.2 Å². The van der Waals surface area contributed by atoms with Crippen LogP contribution in [0.1, 0.15) is 31.9 Å². The Morgan fingerprint density at radius 2 is 1.56 bits per heavy atom.